The molecular weight excluding hydrogens is 448 g/mol. The Kier molecular flexibility index (Phi) is 7.04. The Hall–Kier alpha value is -2.82. The predicted octanol–water partition coefficient (Wildman–Crippen LogP) is 2.30. The van der Waals surface area contributed by atoms with Gasteiger partial charge in [-0.3, -0.25) is 9.59 Å². The minimum Gasteiger partial charge on any atom is -0.486 e. The largest absolute Gasteiger partial charge is 0.486 e. The molecule has 0 bridgehead atoms. The van der Waals surface area contributed by atoms with Crippen LogP contribution in [0.4, 0.5) is 5.69 Å². The lowest BCUT2D eigenvalue weighted by Crippen LogP contribution is -2.37. The van der Waals surface area contributed by atoms with E-state index in [1.165, 1.54) is 38.2 Å². The number of fused-ring (bicyclic) bond motifs is 1. The summed E-state index contributed by atoms with van der Waals surface area (Å²) in [5, 5.41) is 3.00. The maximum absolute atomic E-state index is 12.5. The molecule has 0 saturated carbocycles. The fourth-order valence-electron chi connectivity index (χ4n) is 2.71. The predicted molar refractivity (Wildman–Crippen MR) is 113 cm³/mol. The molecule has 0 spiro atoms. The van der Waals surface area contributed by atoms with Crippen molar-refractivity contribution >= 4 is 39.2 Å². The van der Waals surface area contributed by atoms with E-state index in [-0.39, 0.29) is 4.90 Å². The van der Waals surface area contributed by atoms with Crippen LogP contribution in [0.2, 0.25) is 5.02 Å². The van der Waals surface area contributed by atoms with E-state index in [9.17, 15) is 18.0 Å². The van der Waals surface area contributed by atoms with Crippen LogP contribution in [0.3, 0.4) is 0 Å². The van der Waals surface area contributed by atoms with Gasteiger partial charge in [0.2, 0.25) is 10.0 Å². The Bertz CT molecular complexity index is 1070. The van der Waals surface area contributed by atoms with Crippen molar-refractivity contribution in [2.45, 2.75) is 17.9 Å². The first kappa shape index (κ1) is 22.9. The second kappa shape index (κ2) is 9.54. The van der Waals surface area contributed by atoms with Crippen molar-refractivity contribution in [1.82, 2.24) is 4.31 Å². The second-order valence-electron chi connectivity index (χ2n) is 6.69. The molecule has 2 aromatic rings. The Balaban J connectivity index is 1.55. The van der Waals surface area contributed by atoms with E-state index in [4.69, 9.17) is 25.8 Å². The summed E-state index contributed by atoms with van der Waals surface area (Å²) in [5.41, 5.74) is 0.444. The maximum atomic E-state index is 12.5. The molecule has 11 heteroatoms. The molecule has 1 heterocycles. The summed E-state index contributed by atoms with van der Waals surface area (Å²) in [6.07, 6.45) is -1.15. The number of halogens is 1. The average Bonchev–Trinajstić information content (AvgIpc) is 2.73. The Morgan fingerprint density at radius 1 is 1.13 bits per heavy atom. The summed E-state index contributed by atoms with van der Waals surface area (Å²) in [4.78, 5) is 24.5. The monoisotopic (exact) mass is 468 g/mol. The summed E-state index contributed by atoms with van der Waals surface area (Å²) < 4.78 is 41.9. The molecule has 31 heavy (non-hydrogen) atoms. The third-order valence-electron chi connectivity index (χ3n) is 4.36. The minimum absolute atomic E-state index is 0.0170. The van der Waals surface area contributed by atoms with Gasteiger partial charge < -0.3 is 19.5 Å². The van der Waals surface area contributed by atoms with Crippen molar-refractivity contribution in [2.75, 3.05) is 32.1 Å². The molecule has 1 N–H and O–H groups in total. The molecule has 0 fully saturated rings. The van der Waals surface area contributed by atoms with Crippen LogP contribution >= 0.6 is 11.6 Å². The third kappa shape index (κ3) is 5.66. The highest BCUT2D eigenvalue weighted by molar-refractivity contribution is 7.89. The number of amides is 1. The molecule has 9 nitrogen and oxygen atoms in total. The van der Waals surface area contributed by atoms with Crippen molar-refractivity contribution < 1.29 is 32.2 Å². The molecule has 0 aliphatic carbocycles. The molecule has 1 unspecified atom stereocenters. The molecule has 166 valence electrons. The molecule has 1 aliphatic heterocycles. The van der Waals surface area contributed by atoms with E-state index in [2.05, 4.69) is 5.32 Å². The van der Waals surface area contributed by atoms with Crippen LogP contribution in [0, 0.1) is 0 Å². The number of likely N-dealkylation sites (N-methyl/N-ethyl adjacent to an activating group) is 1. The number of carbonyl (C=O) groups excluding carboxylic acids is 2. The molecule has 2 aromatic carbocycles. The number of benzene rings is 2. The summed E-state index contributed by atoms with van der Waals surface area (Å²) >= 11 is 5.77. The molecule has 0 saturated heterocycles. The lowest BCUT2D eigenvalue weighted by Gasteiger charge is -2.20. The number of hydrogen-bond donors (Lipinski definition) is 1. The Labute approximate surface area is 184 Å². The maximum Gasteiger partial charge on any atom is 0.322 e. The number of nitrogens with one attached hydrogen (secondary N) is 1. The lowest BCUT2D eigenvalue weighted by molar-refractivity contribution is -0.153. The highest BCUT2D eigenvalue weighted by atomic mass is 35.5. The van der Waals surface area contributed by atoms with Gasteiger partial charge in [-0.25, -0.2) is 8.42 Å². The second-order valence-corrected chi connectivity index (χ2v) is 9.18. The Morgan fingerprint density at radius 2 is 1.77 bits per heavy atom. The number of hydrogen-bond acceptors (Lipinski definition) is 7. The van der Waals surface area contributed by atoms with Gasteiger partial charge in [-0.05, 0) is 43.3 Å². The van der Waals surface area contributed by atoms with Crippen molar-refractivity contribution in [3.05, 3.63) is 47.5 Å². The molecule has 1 atom stereocenters. The van der Waals surface area contributed by atoms with Gasteiger partial charge in [0.25, 0.3) is 5.91 Å². The van der Waals surface area contributed by atoms with Crippen LogP contribution in [0.15, 0.2) is 47.4 Å². The van der Waals surface area contributed by atoms with Gasteiger partial charge in [-0.1, -0.05) is 11.6 Å². The minimum atomic E-state index is -3.92. The summed E-state index contributed by atoms with van der Waals surface area (Å²) in [7, 11) is -2.68. The van der Waals surface area contributed by atoms with Gasteiger partial charge in [0, 0.05) is 23.8 Å². The molecule has 0 radical (unpaired) electrons. The van der Waals surface area contributed by atoms with Crippen molar-refractivity contribution in [3.8, 4) is 11.5 Å². The van der Waals surface area contributed by atoms with Gasteiger partial charge >= 0.3 is 5.97 Å². The van der Waals surface area contributed by atoms with Crippen LogP contribution in [-0.4, -0.2) is 57.5 Å². The number of nitrogens with zero attached hydrogens (tertiary/aromatic N) is 1. The zero-order chi connectivity index (χ0) is 22.6. The molecule has 0 aromatic heterocycles. The average molecular weight is 469 g/mol. The molecular formula is C20H21ClN2O7S. The SMILES string of the molecule is CC(OC(=O)CN(C)S(=O)(=O)c1ccc(Cl)cc1)C(=O)Nc1ccc2c(c1)OCCO2. The van der Waals surface area contributed by atoms with Gasteiger partial charge in [0.15, 0.2) is 17.6 Å². The van der Waals surface area contributed by atoms with Crippen molar-refractivity contribution in [2.24, 2.45) is 0 Å². The number of esters is 1. The van der Waals surface area contributed by atoms with Crippen LogP contribution in [0.25, 0.3) is 0 Å². The van der Waals surface area contributed by atoms with E-state index >= 15 is 0 Å². The van der Waals surface area contributed by atoms with Crippen LogP contribution in [0.5, 0.6) is 11.5 Å². The van der Waals surface area contributed by atoms with Gasteiger partial charge in [0.1, 0.15) is 19.8 Å². The van der Waals surface area contributed by atoms with E-state index in [0.29, 0.717) is 35.4 Å². The van der Waals surface area contributed by atoms with Gasteiger partial charge in [0.05, 0.1) is 4.90 Å². The number of rotatable bonds is 7. The van der Waals surface area contributed by atoms with E-state index in [0.717, 1.165) is 4.31 Å². The fourth-order valence-corrected chi connectivity index (χ4v) is 3.95. The van der Waals surface area contributed by atoms with Crippen LogP contribution in [-0.2, 0) is 24.3 Å². The van der Waals surface area contributed by atoms with Gasteiger partial charge in [-0.2, -0.15) is 4.31 Å². The molecule has 1 amide bonds. The van der Waals surface area contributed by atoms with Crippen LogP contribution in [0.1, 0.15) is 6.92 Å². The highest BCUT2D eigenvalue weighted by Crippen LogP contribution is 2.32. The van der Waals surface area contributed by atoms with Gasteiger partial charge in [-0.15, -0.1) is 0 Å². The number of carbonyl (C=O) groups is 2. The topological polar surface area (TPSA) is 111 Å². The number of sulfonamides is 1. The third-order valence-corrected chi connectivity index (χ3v) is 6.43. The van der Waals surface area contributed by atoms with E-state index in [1.807, 2.05) is 0 Å². The van der Waals surface area contributed by atoms with E-state index in [1.54, 1.807) is 18.2 Å². The summed E-state index contributed by atoms with van der Waals surface area (Å²) in [6.45, 7) is 1.68. The lowest BCUT2D eigenvalue weighted by atomic mass is 10.2. The Morgan fingerprint density at radius 3 is 2.45 bits per heavy atom. The molecule has 3 rings (SSSR count). The number of ether oxygens (including phenoxy) is 3. The number of anilines is 1. The quantitative estimate of drug-likeness (QED) is 0.620. The first-order valence-corrected chi connectivity index (χ1v) is 11.1. The summed E-state index contributed by atoms with van der Waals surface area (Å²) in [5.74, 6) is -0.366. The van der Waals surface area contributed by atoms with E-state index < -0.39 is 34.5 Å². The fraction of sp³-hybridized carbons (Fsp3) is 0.300. The standard InChI is InChI=1S/C20H21ClN2O7S/c1-13(20(25)22-15-5-8-17-18(11-15)29-10-9-28-17)30-19(24)12-23(2)31(26,27)16-6-3-14(21)4-7-16/h3-8,11,13H,9-10,12H2,1-2H3,(H,22,25). The highest BCUT2D eigenvalue weighted by Gasteiger charge is 2.26. The zero-order valence-electron chi connectivity index (χ0n) is 16.8. The normalized spacial score (nSPS) is 14.1. The summed E-state index contributed by atoms with van der Waals surface area (Å²) in [6, 6.07) is 10.4. The molecule has 1 aliphatic rings. The smallest absolute Gasteiger partial charge is 0.322 e. The van der Waals surface area contributed by atoms with Crippen molar-refractivity contribution in [3.63, 3.8) is 0 Å². The first-order chi connectivity index (χ1) is 14.7. The van der Waals surface area contributed by atoms with Crippen molar-refractivity contribution in [1.29, 1.82) is 0 Å². The first-order valence-electron chi connectivity index (χ1n) is 9.29. The van der Waals surface area contributed by atoms with Crippen LogP contribution < -0.4 is 14.8 Å². The zero-order valence-corrected chi connectivity index (χ0v) is 18.4.